The van der Waals surface area contributed by atoms with Gasteiger partial charge < -0.3 is 5.11 Å². The van der Waals surface area contributed by atoms with Gasteiger partial charge in [-0.2, -0.15) is 0 Å². The van der Waals surface area contributed by atoms with Crippen LogP contribution in [0.4, 0.5) is 0 Å². The fourth-order valence-corrected chi connectivity index (χ4v) is 5.20. The Hall–Kier alpha value is -3.24. The number of hydrogen-bond acceptors (Lipinski definition) is 8. The Morgan fingerprint density at radius 1 is 1.06 bits per heavy atom. The molecule has 4 rings (SSSR count). The van der Waals surface area contributed by atoms with E-state index in [-0.39, 0.29) is 34.2 Å². The number of aromatic hydroxyl groups is 1. The second kappa shape index (κ2) is 9.49. The molecule has 32 heavy (non-hydrogen) atoms. The number of aliphatic imine (C=N–C) groups is 1. The lowest BCUT2D eigenvalue weighted by molar-refractivity contribution is 0.0858. The smallest absolute Gasteiger partial charge is 0.259 e. The molecule has 1 N–H and O–H groups in total. The molecular weight excluding hydrogens is 448 g/mol. The number of phenolic OH excluding ortho intramolecular Hbond substituents is 1. The van der Waals surface area contributed by atoms with Crippen molar-refractivity contribution in [2.75, 3.05) is 12.3 Å². The van der Waals surface area contributed by atoms with Crippen molar-refractivity contribution in [3.63, 3.8) is 0 Å². The average molecular weight is 469 g/mol. The highest BCUT2D eigenvalue weighted by atomic mass is 32.2. The Morgan fingerprint density at radius 2 is 1.75 bits per heavy atom. The molecule has 2 aromatic carbocycles. The van der Waals surface area contributed by atoms with Gasteiger partial charge in [-0.3, -0.25) is 14.7 Å². The van der Waals surface area contributed by atoms with E-state index in [0.29, 0.717) is 17.9 Å². The molecule has 0 fully saturated rings. The maximum Gasteiger partial charge on any atom is 0.259 e. The lowest BCUT2D eigenvalue weighted by atomic mass is 10.2. The second-order valence-electron chi connectivity index (χ2n) is 7.13. The van der Waals surface area contributed by atoms with Crippen LogP contribution in [-0.4, -0.2) is 59.0 Å². The van der Waals surface area contributed by atoms with Crippen molar-refractivity contribution in [3.05, 3.63) is 78.4 Å². The molecule has 1 unspecified atom stereocenters. The number of carbonyl (C=O) groups is 1. The van der Waals surface area contributed by atoms with Gasteiger partial charge in [0, 0.05) is 28.6 Å². The van der Waals surface area contributed by atoms with Gasteiger partial charge >= 0.3 is 0 Å². The number of benzene rings is 2. The molecule has 8 nitrogen and oxygen atoms in total. The first-order chi connectivity index (χ1) is 15.4. The van der Waals surface area contributed by atoms with Crippen LogP contribution in [0.5, 0.6) is 5.75 Å². The molecule has 164 valence electrons. The molecule has 1 aliphatic heterocycles. The highest BCUT2D eigenvalue weighted by Crippen LogP contribution is 2.24. The first kappa shape index (κ1) is 22.0. The number of hydrogen-bond donors (Lipinski definition) is 1. The number of aromatic nitrogens is 2. The molecule has 0 radical (unpaired) electrons. The average Bonchev–Trinajstić information content (AvgIpc) is 3.27. The summed E-state index contributed by atoms with van der Waals surface area (Å²) < 4.78 is 25.1. The summed E-state index contributed by atoms with van der Waals surface area (Å²) in [5.74, 6) is 0.606. The topological polar surface area (TPSA) is 113 Å². The van der Waals surface area contributed by atoms with Crippen LogP contribution in [0.2, 0.25) is 0 Å². The van der Waals surface area contributed by atoms with E-state index in [2.05, 4.69) is 15.0 Å². The molecule has 1 amide bonds. The van der Waals surface area contributed by atoms with Gasteiger partial charge in [-0.25, -0.2) is 18.4 Å². The fourth-order valence-electron chi connectivity index (χ4n) is 3.09. The maximum atomic E-state index is 12.6. The van der Waals surface area contributed by atoms with Crippen molar-refractivity contribution in [1.82, 2.24) is 14.9 Å². The number of phenols is 1. The van der Waals surface area contributed by atoms with Crippen molar-refractivity contribution in [2.24, 2.45) is 4.99 Å². The van der Waals surface area contributed by atoms with E-state index >= 15 is 0 Å². The zero-order chi connectivity index (χ0) is 22.6. The van der Waals surface area contributed by atoms with Gasteiger partial charge in [0.2, 0.25) is 0 Å². The number of nitrogens with zero attached hydrogens (tertiary/aromatic N) is 4. The van der Waals surface area contributed by atoms with E-state index in [1.165, 1.54) is 24.5 Å². The minimum Gasteiger partial charge on any atom is -0.508 e. The predicted octanol–water partition coefficient (Wildman–Crippen LogP) is 2.80. The monoisotopic (exact) mass is 468 g/mol. The van der Waals surface area contributed by atoms with Gasteiger partial charge in [0.25, 0.3) is 5.91 Å². The Morgan fingerprint density at radius 3 is 2.44 bits per heavy atom. The number of rotatable bonds is 7. The molecule has 0 spiro atoms. The fraction of sp³-hybridized carbons (Fsp3) is 0.182. The van der Waals surface area contributed by atoms with Crippen LogP contribution in [0, 0.1) is 0 Å². The SMILES string of the molecule is O=C(c1ccc(O)cc1)N1C=NC(CSc2ccc(S(=O)(=O)Cc3ncccn3)cc2)C1. The summed E-state index contributed by atoms with van der Waals surface area (Å²) in [6.07, 6.45) is 4.58. The lowest BCUT2D eigenvalue weighted by Crippen LogP contribution is -2.30. The van der Waals surface area contributed by atoms with Crippen LogP contribution in [0.15, 0.2) is 81.8 Å². The van der Waals surface area contributed by atoms with Crippen molar-refractivity contribution >= 4 is 33.8 Å². The zero-order valence-corrected chi connectivity index (χ0v) is 18.5. The van der Waals surface area contributed by atoms with E-state index in [0.717, 1.165) is 4.90 Å². The molecule has 1 atom stereocenters. The third-order valence-electron chi connectivity index (χ3n) is 4.76. The molecule has 0 saturated carbocycles. The number of carbonyl (C=O) groups excluding carboxylic acids is 1. The van der Waals surface area contributed by atoms with E-state index in [1.54, 1.807) is 65.5 Å². The zero-order valence-electron chi connectivity index (χ0n) is 16.9. The van der Waals surface area contributed by atoms with Crippen LogP contribution < -0.4 is 0 Å². The normalized spacial score (nSPS) is 15.8. The Labute approximate surface area is 190 Å². The van der Waals surface area contributed by atoms with E-state index < -0.39 is 9.84 Å². The highest BCUT2D eigenvalue weighted by Gasteiger charge is 2.24. The van der Waals surface area contributed by atoms with Crippen LogP contribution in [-0.2, 0) is 15.6 Å². The van der Waals surface area contributed by atoms with Gasteiger partial charge in [0.05, 0.1) is 23.8 Å². The van der Waals surface area contributed by atoms with Crippen LogP contribution in [0.25, 0.3) is 0 Å². The first-order valence-electron chi connectivity index (χ1n) is 9.75. The summed E-state index contributed by atoms with van der Waals surface area (Å²) in [7, 11) is -3.52. The van der Waals surface area contributed by atoms with Gasteiger partial charge in [0.15, 0.2) is 9.84 Å². The summed E-state index contributed by atoms with van der Waals surface area (Å²) in [5, 5.41) is 9.36. The highest BCUT2D eigenvalue weighted by molar-refractivity contribution is 7.99. The van der Waals surface area contributed by atoms with Gasteiger partial charge in [-0.15, -0.1) is 11.8 Å². The number of amides is 1. The van der Waals surface area contributed by atoms with Crippen molar-refractivity contribution in [2.45, 2.75) is 21.6 Å². The molecule has 1 aromatic heterocycles. The predicted molar refractivity (Wildman–Crippen MR) is 122 cm³/mol. The molecule has 0 bridgehead atoms. The molecule has 0 aliphatic carbocycles. The van der Waals surface area contributed by atoms with Crippen molar-refractivity contribution in [1.29, 1.82) is 0 Å². The third kappa shape index (κ3) is 5.32. The molecular formula is C22H20N4O4S2. The Balaban J connectivity index is 1.31. The third-order valence-corrected chi connectivity index (χ3v) is 7.55. The number of thioether (sulfide) groups is 1. The Kier molecular flexibility index (Phi) is 6.52. The van der Waals surface area contributed by atoms with E-state index in [4.69, 9.17) is 0 Å². The molecule has 1 aliphatic rings. The minimum atomic E-state index is -3.52. The van der Waals surface area contributed by atoms with Gasteiger partial charge in [-0.05, 0) is 54.6 Å². The first-order valence-corrected chi connectivity index (χ1v) is 12.4. The second-order valence-corrected chi connectivity index (χ2v) is 10.2. The van der Waals surface area contributed by atoms with Crippen LogP contribution >= 0.6 is 11.8 Å². The molecule has 2 heterocycles. The summed E-state index contributed by atoms with van der Waals surface area (Å²) >= 11 is 1.55. The number of sulfone groups is 1. The summed E-state index contributed by atoms with van der Waals surface area (Å²) in [6, 6.07) is 14.4. The van der Waals surface area contributed by atoms with Gasteiger partial charge in [-0.1, -0.05) is 0 Å². The summed E-state index contributed by atoms with van der Waals surface area (Å²) in [5.41, 5.74) is 0.486. The van der Waals surface area contributed by atoms with Crippen molar-refractivity contribution in [3.8, 4) is 5.75 Å². The molecule has 3 aromatic rings. The molecule has 10 heteroatoms. The largest absolute Gasteiger partial charge is 0.508 e. The lowest BCUT2D eigenvalue weighted by Gasteiger charge is -2.14. The molecule has 0 saturated heterocycles. The summed E-state index contributed by atoms with van der Waals surface area (Å²) in [4.78, 5) is 27.6. The quantitative estimate of drug-likeness (QED) is 0.531. The minimum absolute atomic E-state index is 0.0558. The van der Waals surface area contributed by atoms with Gasteiger partial charge in [0.1, 0.15) is 17.3 Å². The standard InChI is InChI=1S/C22H20N4O4S2/c27-18-4-2-16(3-5-18)22(28)26-12-17(25-15-26)13-31-19-6-8-20(9-7-19)32(29,30)14-21-23-10-1-11-24-21/h1-11,15,17,27H,12-14H2. The van der Waals surface area contributed by atoms with Crippen LogP contribution in [0.1, 0.15) is 16.2 Å². The maximum absolute atomic E-state index is 12.6. The van der Waals surface area contributed by atoms with E-state index in [9.17, 15) is 18.3 Å². The van der Waals surface area contributed by atoms with Crippen molar-refractivity contribution < 1.29 is 18.3 Å². The van der Waals surface area contributed by atoms with E-state index in [1.807, 2.05) is 0 Å². The summed E-state index contributed by atoms with van der Waals surface area (Å²) in [6.45, 7) is 0.469. The Bertz CT molecular complexity index is 1220. The van der Waals surface area contributed by atoms with Crippen LogP contribution in [0.3, 0.4) is 0 Å².